The lowest BCUT2D eigenvalue weighted by atomic mass is 9.47. The number of fused-ring (bicyclic) bond motifs is 5. The molecule has 0 radical (unpaired) electrons. The second-order valence-corrected chi connectivity index (χ2v) is 16.7. The molecule has 10 heteroatoms. The molecule has 7 N–H and O–H groups in total. The molecule has 0 bridgehead atoms. The average Bonchev–Trinajstić information content (AvgIpc) is 3.42. The zero-order valence-corrected chi connectivity index (χ0v) is 30.2. The largest absolute Gasteiger partial charge is 0.446 e. The van der Waals surface area contributed by atoms with E-state index in [-0.39, 0.29) is 18.1 Å². The maximum atomic E-state index is 12.6. The average molecular weight is 679 g/mol. The number of allylic oxidation sites excluding steroid dienone is 1. The molecule has 4 rings (SSSR count). The number of aliphatic hydroxyl groups excluding tert-OH is 5. The Balaban J connectivity index is 1.18. The molecule has 2 amide bonds. The summed E-state index contributed by atoms with van der Waals surface area (Å²) in [7, 11) is 0. The first kappa shape index (κ1) is 39.1. The third-order valence-corrected chi connectivity index (χ3v) is 13.2. The van der Waals surface area contributed by atoms with E-state index >= 15 is 0 Å². The van der Waals surface area contributed by atoms with Gasteiger partial charge in [-0.05, 0) is 104 Å². The number of alkyl carbamates (subject to hydrolysis) is 1. The van der Waals surface area contributed by atoms with Gasteiger partial charge in [0.15, 0.2) is 6.10 Å². The van der Waals surface area contributed by atoms with Crippen LogP contribution < -0.4 is 10.6 Å². The van der Waals surface area contributed by atoms with Gasteiger partial charge < -0.3 is 40.9 Å². The second kappa shape index (κ2) is 17.0. The fourth-order valence-electron chi connectivity index (χ4n) is 10.4. The maximum absolute atomic E-state index is 12.6. The number of unbranched alkanes of at least 4 members (excludes halogenated alkanes) is 1. The van der Waals surface area contributed by atoms with E-state index in [1.54, 1.807) is 0 Å². The lowest BCUT2D eigenvalue weighted by Crippen LogP contribution is -2.51. The molecule has 12 atom stereocenters. The fraction of sp³-hybridized carbons (Fsp3) is 0.895. The number of carbonyl (C=O) groups is 2. The number of carbonyl (C=O) groups excluding carboxylic acids is 2. The summed E-state index contributed by atoms with van der Waals surface area (Å²) in [5, 5.41) is 52.9. The number of aliphatic hydroxyl groups is 5. The zero-order chi connectivity index (χ0) is 35.2. The van der Waals surface area contributed by atoms with Gasteiger partial charge in [-0.3, -0.25) is 4.79 Å². The van der Waals surface area contributed by atoms with Crippen molar-refractivity contribution in [2.24, 2.45) is 46.3 Å². The first-order chi connectivity index (χ1) is 22.7. The van der Waals surface area contributed by atoms with Crippen LogP contribution >= 0.6 is 0 Å². The monoisotopic (exact) mass is 678 g/mol. The number of nitrogens with one attached hydrogen (secondary N) is 2. The predicted molar refractivity (Wildman–Crippen MR) is 185 cm³/mol. The van der Waals surface area contributed by atoms with Gasteiger partial charge in [0.25, 0.3) is 5.91 Å². The van der Waals surface area contributed by atoms with Gasteiger partial charge >= 0.3 is 6.09 Å². The molecule has 0 unspecified atom stereocenters. The summed E-state index contributed by atoms with van der Waals surface area (Å²) in [5.74, 6) is 3.89. The molecule has 0 heterocycles. The predicted octanol–water partition coefficient (Wildman–Crippen LogP) is 4.45. The van der Waals surface area contributed by atoms with E-state index in [1.165, 1.54) is 56.9 Å². The van der Waals surface area contributed by atoms with Gasteiger partial charge in [0, 0.05) is 19.5 Å². The molecule has 10 nitrogen and oxygen atoms in total. The highest BCUT2D eigenvalue weighted by molar-refractivity contribution is 5.81. The Bertz CT molecular complexity index is 1100. The smallest absolute Gasteiger partial charge is 0.407 e. The van der Waals surface area contributed by atoms with Gasteiger partial charge in [-0.15, -0.1) is 0 Å². The molecule has 0 aromatic carbocycles. The van der Waals surface area contributed by atoms with E-state index in [4.69, 9.17) is 9.84 Å². The molecular weight excluding hydrogens is 612 g/mol. The molecule has 4 aliphatic carbocycles. The van der Waals surface area contributed by atoms with Crippen molar-refractivity contribution in [3.63, 3.8) is 0 Å². The Morgan fingerprint density at radius 1 is 0.896 bits per heavy atom. The maximum Gasteiger partial charge on any atom is 0.407 e. The van der Waals surface area contributed by atoms with Gasteiger partial charge in [0.05, 0.1) is 6.61 Å². The Morgan fingerprint density at radius 3 is 2.29 bits per heavy atom. The molecular formula is C38H66N2O8. The fourth-order valence-corrected chi connectivity index (χ4v) is 10.4. The Hall–Kier alpha value is -1.72. The molecule has 0 aliphatic heterocycles. The molecule has 3 fully saturated rings. The van der Waals surface area contributed by atoms with Crippen molar-refractivity contribution in [2.45, 2.75) is 149 Å². The van der Waals surface area contributed by atoms with Crippen LogP contribution in [0, 0.1) is 46.3 Å². The van der Waals surface area contributed by atoms with Crippen LogP contribution in [0.15, 0.2) is 11.6 Å². The van der Waals surface area contributed by atoms with Crippen LogP contribution in [-0.4, -0.2) is 87.7 Å². The third kappa shape index (κ3) is 8.76. The number of ether oxygens (including phenoxy) is 1. The third-order valence-electron chi connectivity index (χ3n) is 13.2. The highest BCUT2D eigenvalue weighted by Crippen LogP contribution is 2.67. The SMILES string of the molecule is CC(C)CCC[C@@H](C)[C@H]1CC[C@H]2[C@@H]3CC=C4C[C@@H](OC(=O)NCCCCNC(=O)[C@H](O)[C@H](O)[C@H](O)[C@H](O)CO)CC[C@]4(C)[C@H]3CC[C@]12C. The second-order valence-electron chi connectivity index (χ2n) is 16.7. The van der Waals surface area contributed by atoms with Crippen LogP contribution in [0.1, 0.15) is 118 Å². The minimum atomic E-state index is -1.96. The highest BCUT2D eigenvalue weighted by Gasteiger charge is 2.59. The van der Waals surface area contributed by atoms with E-state index in [0.29, 0.717) is 24.8 Å². The summed E-state index contributed by atoms with van der Waals surface area (Å²) < 4.78 is 5.86. The van der Waals surface area contributed by atoms with Crippen molar-refractivity contribution in [1.82, 2.24) is 10.6 Å². The normalized spacial score (nSPS) is 34.5. The van der Waals surface area contributed by atoms with Crippen LogP contribution in [0.3, 0.4) is 0 Å². The van der Waals surface area contributed by atoms with Crippen molar-refractivity contribution < 1.29 is 39.9 Å². The van der Waals surface area contributed by atoms with E-state index in [1.807, 2.05) is 0 Å². The van der Waals surface area contributed by atoms with Crippen LogP contribution in [0.2, 0.25) is 0 Å². The summed E-state index contributed by atoms with van der Waals surface area (Å²) in [6.45, 7) is 12.1. The summed E-state index contributed by atoms with van der Waals surface area (Å²) >= 11 is 0. The summed E-state index contributed by atoms with van der Waals surface area (Å²) in [6, 6.07) is 0. The molecule has 0 aromatic heterocycles. The summed E-state index contributed by atoms with van der Waals surface area (Å²) in [4.78, 5) is 24.7. The lowest BCUT2D eigenvalue weighted by molar-refractivity contribution is -0.148. The first-order valence-electron chi connectivity index (χ1n) is 19.0. The van der Waals surface area contributed by atoms with Crippen molar-refractivity contribution in [2.75, 3.05) is 19.7 Å². The minimum Gasteiger partial charge on any atom is -0.446 e. The highest BCUT2D eigenvalue weighted by atomic mass is 16.6. The Labute approximate surface area is 288 Å². The van der Waals surface area contributed by atoms with Crippen LogP contribution in [0.4, 0.5) is 4.79 Å². The van der Waals surface area contributed by atoms with Gasteiger partial charge in [-0.25, -0.2) is 4.79 Å². The van der Waals surface area contributed by atoms with Crippen molar-refractivity contribution in [1.29, 1.82) is 0 Å². The summed E-state index contributed by atoms with van der Waals surface area (Å²) in [6.07, 6.45) is 9.08. The molecule has 276 valence electrons. The van der Waals surface area contributed by atoms with Crippen LogP contribution in [-0.2, 0) is 9.53 Å². The molecule has 3 saturated carbocycles. The lowest BCUT2D eigenvalue weighted by Gasteiger charge is -2.58. The Kier molecular flexibility index (Phi) is 13.8. The van der Waals surface area contributed by atoms with Gasteiger partial charge in [-0.1, -0.05) is 65.5 Å². The number of hydrogen-bond donors (Lipinski definition) is 7. The van der Waals surface area contributed by atoms with Crippen LogP contribution in [0.5, 0.6) is 0 Å². The van der Waals surface area contributed by atoms with Gasteiger partial charge in [0.2, 0.25) is 0 Å². The van der Waals surface area contributed by atoms with Crippen LogP contribution in [0.25, 0.3) is 0 Å². The minimum absolute atomic E-state index is 0.121. The first-order valence-corrected chi connectivity index (χ1v) is 19.0. The summed E-state index contributed by atoms with van der Waals surface area (Å²) in [5.41, 5.74) is 2.17. The number of rotatable bonds is 16. The van der Waals surface area contributed by atoms with E-state index < -0.39 is 43.0 Å². The molecule has 4 aliphatic rings. The van der Waals surface area contributed by atoms with E-state index in [2.05, 4.69) is 51.3 Å². The molecule has 0 aromatic rings. The van der Waals surface area contributed by atoms with Crippen molar-refractivity contribution >= 4 is 12.0 Å². The Morgan fingerprint density at radius 2 is 1.60 bits per heavy atom. The van der Waals surface area contributed by atoms with E-state index in [9.17, 15) is 30.0 Å². The standard InChI is InChI=1S/C38H66N2O8/c1-23(2)9-8-10-24(3)28-13-14-29-27-12-11-25-21-26(15-17-37(25,4)30(27)16-18-38(28,29)5)48-36(47)40-20-7-6-19-39-35(46)34(45)33(44)32(43)31(42)22-41/h11,23-24,26-34,41-45H,6-10,12-22H2,1-5H3,(H,39,46)(H,40,47)/t24-,26+,27+,28-,29+,30+,31-,32-,33-,34-,37+,38-/m1/s1. The number of amides is 2. The molecule has 0 spiro atoms. The van der Waals surface area contributed by atoms with Crippen molar-refractivity contribution in [3.8, 4) is 0 Å². The molecule has 0 saturated heterocycles. The zero-order valence-electron chi connectivity index (χ0n) is 30.2. The van der Waals surface area contributed by atoms with Gasteiger partial charge in [0.1, 0.15) is 24.4 Å². The van der Waals surface area contributed by atoms with E-state index in [0.717, 1.165) is 54.8 Å². The number of hydrogen-bond acceptors (Lipinski definition) is 8. The molecule has 48 heavy (non-hydrogen) atoms. The quantitative estimate of drug-likeness (QED) is 0.0928. The van der Waals surface area contributed by atoms with Crippen molar-refractivity contribution in [3.05, 3.63) is 11.6 Å². The van der Waals surface area contributed by atoms with Gasteiger partial charge in [-0.2, -0.15) is 0 Å². The topological polar surface area (TPSA) is 169 Å².